The molecule has 0 radical (unpaired) electrons. The smallest absolute Gasteiger partial charge is 0.430 e. The molecule has 0 aliphatic carbocycles. The Kier molecular flexibility index (Phi) is 8.00. The van der Waals surface area contributed by atoms with E-state index in [-0.39, 0.29) is 22.4 Å². The topological polar surface area (TPSA) is 91.8 Å². The van der Waals surface area contributed by atoms with Gasteiger partial charge in [0.15, 0.2) is 10.7 Å². The van der Waals surface area contributed by atoms with Crippen molar-refractivity contribution in [2.75, 3.05) is 22.7 Å². The van der Waals surface area contributed by atoms with Crippen LogP contribution in [0.15, 0.2) is 46.1 Å². The highest BCUT2D eigenvalue weighted by Gasteiger charge is 2.39. The van der Waals surface area contributed by atoms with Crippen molar-refractivity contribution in [3.63, 3.8) is 0 Å². The Labute approximate surface area is 223 Å². The second-order valence-corrected chi connectivity index (χ2v) is 12.2. The van der Waals surface area contributed by atoms with E-state index in [1.165, 1.54) is 37.7 Å². The first kappa shape index (κ1) is 27.9. The molecule has 1 aliphatic rings. The summed E-state index contributed by atoms with van der Waals surface area (Å²) in [6.45, 7) is 6.85. The average Bonchev–Trinajstić information content (AvgIpc) is 3.27. The van der Waals surface area contributed by atoms with Gasteiger partial charge in [-0.1, -0.05) is 12.1 Å². The van der Waals surface area contributed by atoms with Crippen LogP contribution in [0.4, 0.5) is 29.5 Å². The van der Waals surface area contributed by atoms with Crippen molar-refractivity contribution in [1.29, 1.82) is 0 Å². The minimum Gasteiger partial charge on any atom is -0.443 e. The number of rotatable bonds is 8. The number of benzene rings is 2. The number of ether oxygens (including phenoxy) is 1. The quantitative estimate of drug-likeness (QED) is 0.383. The van der Waals surface area contributed by atoms with Crippen LogP contribution in [-0.2, 0) is 27.8 Å². The van der Waals surface area contributed by atoms with Crippen LogP contribution < -0.4 is 9.62 Å². The number of nitrogens with zero attached hydrogens (tertiary/aromatic N) is 3. The van der Waals surface area contributed by atoms with E-state index in [0.29, 0.717) is 12.1 Å². The van der Waals surface area contributed by atoms with Crippen LogP contribution in [0.5, 0.6) is 0 Å². The molecule has 38 heavy (non-hydrogen) atoms. The minimum absolute atomic E-state index is 0.0797. The lowest BCUT2D eigenvalue weighted by Gasteiger charge is -2.31. The van der Waals surface area contributed by atoms with Gasteiger partial charge < -0.3 is 10.1 Å². The van der Waals surface area contributed by atoms with Gasteiger partial charge in [0.05, 0.1) is 5.51 Å². The molecule has 1 fully saturated rings. The Bertz CT molecular complexity index is 1400. The predicted octanol–water partition coefficient (Wildman–Crippen LogP) is 5.51. The van der Waals surface area contributed by atoms with Crippen molar-refractivity contribution >= 4 is 39.0 Å². The maximum Gasteiger partial charge on any atom is 0.430 e. The molecule has 13 heteroatoms. The number of carbonyl (C=O) groups is 1. The first-order chi connectivity index (χ1) is 17.9. The van der Waals surface area contributed by atoms with Gasteiger partial charge in [0.2, 0.25) is 0 Å². The fourth-order valence-electron chi connectivity index (χ4n) is 3.84. The van der Waals surface area contributed by atoms with Crippen LogP contribution in [0.1, 0.15) is 38.3 Å². The van der Waals surface area contributed by atoms with Gasteiger partial charge in [-0.3, -0.25) is 4.90 Å². The average molecular weight is 569 g/mol. The lowest BCUT2D eigenvalue weighted by molar-refractivity contribution is 0.0608. The van der Waals surface area contributed by atoms with E-state index in [1.54, 1.807) is 12.1 Å². The normalized spacial score (nSPS) is 14.2. The first-order valence-electron chi connectivity index (χ1n) is 11.7. The highest BCUT2D eigenvalue weighted by atomic mass is 32.2. The molecular formula is C25H27F3N4O4S2. The van der Waals surface area contributed by atoms with Crippen LogP contribution in [0, 0.1) is 17.5 Å². The summed E-state index contributed by atoms with van der Waals surface area (Å²) in [5.41, 5.74) is 1.16. The number of amides is 1. The highest BCUT2D eigenvalue weighted by Crippen LogP contribution is 2.31. The Morgan fingerprint density at radius 2 is 1.84 bits per heavy atom. The van der Waals surface area contributed by atoms with E-state index >= 15 is 8.78 Å². The molecule has 2 heterocycles. The third-order valence-corrected chi connectivity index (χ3v) is 8.01. The van der Waals surface area contributed by atoms with E-state index in [1.807, 2.05) is 0 Å². The molecule has 1 saturated heterocycles. The van der Waals surface area contributed by atoms with E-state index in [9.17, 15) is 17.6 Å². The first-order valence-corrected chi connectivity index (χ1v) is 14.1. The Morgan fingerprint density at radius 3 is 2.39 bits per heavy atom. The van der Waals surface area contributed by atoms with Gasteiger partial charge >= 0.3 is 6.09 Å². The van der Waals surface area contributed by atoms with E-state index in [4.69, 9.17) is 4.74 Å². The maximum atomic E-state index is 15.2. The number of hydrogen-bond acceptors (Lipinski definition) is 8. The van der Waals surface area contributed by atoms with Gasteiger partial charge in [0, 0.05) is 29.7 Å². The minimum atomic E-state index is -5.10. The molecule has 1 aliphatic heterocycles. The van der Waals surface area contributed by atoms with Crippen LogP contribution in [0.3, 0.4) is 0 Å². The summed E-state index contributed by atoms with van der Waals surface area (Å²) in [6, 6.07) is 6.25. The molecule has 204 valence electrons. The largest absolute Gasteiger partial charge is 0.443 e. The molecule has 0 unspecified atom stereocenters. The summed E-state index contributed by atoms with van der Waals surface area (Å²) in [4.78, 5) is 17.4. The van der Waals surface area contributed by atoms with Crippen molar-refractivity contribution in [1.82, 2.24) is 9.88 Å². The second kappa shape index (κ2) is 10.9. The molecule has 8 nitrogen and oxygen atoms in total. The number of nitrogens with one attached hydrogen (secondary N) is 1. The maximum absolute atomic E-state index is 15.2. The van der Waals surface area contributed by atoms with Gasteiger partial charge in [-0.05, 0) is 64.0 Å². The van der Waals surface area contributed by atoms with Gasteiger partial charge in [-0.15, -0.1) is 15.6 Å². The molecule has 3 aromatic rings. The van der Waals surface area contributed by atoms with Crippen molar-refractivity contribution in [2.24, 2.45) is 0 Å². The van der Waals surface area contributed by atoms with Gasteiger partial charge in [-0.25, -0.2) is 31.4 Å². The summed E-state index contributed by atoms with van der Waals surface area (Å²) in [5.74, 6) is -3.71. The number of thiazole rings is 1. The standard InChI is InChI=1S/C25H27F3N4O4S2/c1-25(2,3)36-24(33)32(22-14-37-15-30-22)38(34,35)23-20(27)10-17(11-21(23)28)29-12-18-16(6-4-7-19(18)26)13-31-8-5-9-31/h4,6-7,10-11,14-15,29H,5,8-9,12-13H2,1-3H3. The van der Waals surface area contributed by atoms with Crippen LogP contribution in [0.2, 0.25) is 0 Å². The van der Waals surface area contributed by atoms with E-state index in [2.05, 4.69) is 15.2 Å². The fourth-order valence-corrected chi connectivity index (χ4v) is 5.80. The molecule has 1 N–H and O–H groups in total. The van der Waals surface area contributed by atoms with Crippen molar-refractivity contribution < 1.29 is 31.1 Å². The zero-order valence-electron chi connectivity index (χ0n) is 21.0. The predicted molar refractivity (Wildman–Crippen MR) is 138 cm³/mol. The molecule has 0 saturated carbocycles. The summed E-state index contributed by atoms with van der Waals surface area (Å²) in [7, 11) is -5.10. The molecule has 2 aromatic carbocycles. The molecule has 1 aromatic heterocycles. The third-order valence-electron chi connectivity index (χ3n) is 5.71. The van der Waals surface area contributed by atoms with Crippen LogP contribution in [0.25, 0.3) is 0 Å². The highest BCUT2D eigenvalue weighted by molar-refractivity contribution is 7.93. The van der Waals surface area contributed by atoms with Gasteiger partial charge in [0.1, 0.15) is 23.1 Å². The molecule has 0 bridgehead atoms. The second-order valence-electron chi connectivity index (χ2n) is 9.73. The number of carbonyl (C=O) groups excluding carboxylic acids is 1. The molecule has 4 rings (SSSR count). The Morgan fingerprint density at radius 1 is 1.16 bits per heavy atom. The monoisotopic (exact) mass is 568 g/mol. The van der Waals surface area contributed by atoms with E-state index < -0.39 is 44.1 Å². The molecule has 0 atom stereocenters. The summed E-state index contributed by atoms with van der Waals surface area (Å²) < 4.78 is 76.9. The molecular weight excluding hydrogens is 541 g/mol. The lowest BCUT2D eigenvalue weighted by atomic mass is 10.0. The fraction of sp³-hybridized carbons (Fsp3) is 0.360. The van der Waals surface area contributed by atoms with Crippen molar-refractivity contribution in [2.45, 2.75) is 50.8 Å². The van der Waals surface area contributed by atoms with Gasteiger partial charge in [0.25, 0.3) is 10.0 Å². The molecule has 0 spiro atoms. The van der Waals surface area contributed by atoms with Gasteiger partial charge in [-0.2, -0.15) is 0 Å². The number of sulfonamides is 1. The lowest BCUT2D eigenvalue weighted by Crippen LogP contribution is -2.41. The van der Waals surface area contributed by atoms with Crippen molar-refractivity contribution in [3.05, 3.63) is 69.8 Å². The zero-order valence-corrected chi connectivity index (χ0v) is 22.6. The number of likely N-dealkylation sites (tertiary alicyclic amines) is 1. The SMILES string of the molecule is CC(C)(C)OC(=O)N(c1cscn1)S(=O)(=O)c1c(F)cc(NCc2c(F)cccc2CN2CCC2)cc1F. The van der Waals surface area contributed by atoms with E-state index in [0.717, 1.165) is 48.5 Å². The Hall–Kier alpha value is -3.16. The summed E-state index contributed by atoms with van der Waals surface area (Å²) >= 11 is 0.985. The zero-order chi connectivity index (χ0) is 27.7. The number of anilines is 2. The third kappa shape index (κ3) is 6.11. The number of aromatic nitrogens is 1. The van der Waals surface area contributed by atoms with Crippen LogP contribution >= 0.6 is 11.3 Å². The van der Waals surface area contributed by atoms with Crippen molar-refractivity contribution in [3.8, 4) is 0 Å². The van der Waals surface area contributed by atoms with Crippen LogP contribution in [-0.4, -0.2) is 43.1 Å². The summed E-state index contributed by atoms with van der Waals surface area (Å²) in [6.07, 6.45) is -0.288. The molecule has 1 amide bonds. The number of hydrogen-bond donors (Lipinski definition) is 1. The Balaban J connectivity index is 1.62. The number of halogens is 3. The summed E-state index contributed by atoms with van der Waals surface area (Å²) in [5, 5.41) is 4.01.